The Morgan fingerprint density at radius 1 is 1.17 bits per heavy atom. The van der Waals surface area contributed by atoms with Crippen LogP contribution < -0.4 is 9.47 Å². The first-order valence-corrected chi connectivity index (χ1v) is 9.44. The lowest BCUT2D eigenvalue weighted by Crippen LogP contribution is -2.35. The van der Waals surface area contributed by atoms with Crippen LogP contribution in [0.2, 0.25) is 0 Å². The number of para-hydroxylation sites is 1. The van der Waals surface area contributed by atoms with Gasteiger partial charge in [-0.15, -0.1) is 0 Å². The molecule has 0 aromatic heterocycles. The van der Waals surface area contributed by atoms with Crippen molar-refractivity contribution < 1.29 is 17.9 Å². The van der Waals surface area contributed by atoms with Crippen molar-refractivity contribution in [2.45, 2.75) is 24.8 Å². The van der Waals surface area contributed by atoms with Gasteiger partial charge in [0.05, 0.1) is 17.5 Å². The van der Waals surface area contributed by atoms with E-state index in [9.17, 15) is 8.42 Å². The van der Waals surface area contributed by atoms with Crippen LogP contribution in [0.4, 0.5) is 0 Å². The van der Waals surface area contributed by atoms with Gasteiger partial charge >= 0.3 is 0 Å². The topological polar surface area (TPSA) is 55.8 Å². The molecule has 0 amide bonds. The van der Waals surface area contributed by atoms with Crippen molar-refractivity contribution in [1.29, 1.82) is 0 Å². The molecule has 0 bridgehead atoms. The molecule has 0 radical (unpaired) electrons. The molecule has 0 saturated heterocycles. The van der Waals surface area contributed by atoms with Crippen molar-refractivity contribution in [3.63, 3.8) is 0 Å². The second kappa shape index (κ2) is 6.83. The van der Waals surface area contributed by atoms with Gasteiger partial charge in [0.25, 0.3) is 0 Å². The van der Waals surface area contributed by atoms with Gasteiger partial charge in [-0.25, -0.2) is 8.42 Å². The summed E-state index contributed by atoms with van der Waals surface area (Å²) in [6.07, 6.45) is 0. The van der Waals surface area contributed by atoms with E-state index in [1.165, 1.54) is 4.31 Å². The van der Waals surface area contributed by atoms with Gasteiger partial charge in [0.15, 0.2) is 0 Å². The summed E-state index contributed by atoms with van der Waals surface area (Å²) in [7, 11) is -3.61. The van der Waals surface area contributed by atoms with E-state index < -0.39 is 10.0 Å². The Bertz CT molecular complexity index is 802. The van der Waals surface area contributed by atoms with Crippen LogP contribution in [0.25, 0.3) is 0 Å². The third kappa shape index (κ3) is 3.12. The summed E-state index contributed by atoms with van der Waals surface area (Å²) in [6.45, 7) is 4.97. The van der Waals surface area contributed by atoms with Crippen LogP contribution in [0.3, 0.4) is 0 Å². The number of benzene rings is 2. The molecule has 0 spiro atoms. The van der Waals surface area contributed by atoms with E-state index in [-0.39, 0.29) is 10.9 Å². The van der Waals surface area contributed by atoms with Gasteiger partial charge < -0.3 is 9.47 Å². The molecule has 24 heavy (non-hydrogen) atoms. The van der Waals surface area contributed by atoms with Crippen LogP contribution in [0.1, 0.15) is 25.5 Å². The maximum absolute atomic E-state index is 13.1. The number of fused-ring (bicyclic) bond motifs is 1. The van der Waals surface area contributed by atoms with Crippen molar-refractivity contribution in [3.8, 4) is 11.5 Å². The zero-order valence-corrected chi connectivity index (χ0v) is 14.6. The number of hydrogen-bond acceptors (Lipinski definition) is 4. The summed E-state index contributed by atoms with van der Waals surface area (Å²) in [5.74, 6) is 1.41. The maximum Gasteiger partial charge on any atom is 0.243 e. The van der Waals surface area contributed by atoms with Crippen molar-refractivity contribution >= 4 is 10.0 Å². The van der Waals surface area contributed by atoms with Gasteiger partial charge in [-0.2, -0.15) is 4.31 Å². The third-order valence-electron chi connectivity index (χ3n) is 4.11. The van der Waals surface area contributed by atoms with Crippen LogP contribution in [-0.2, 0) is 10.0 Å². The molecule has 1 aliphatic heterocycles. The van der Waals surface area contributed by atoms with Crippen LogP contribution in [0.15, 0.2) is 53.4 Å². The molecule has 3 rings (SSSR count). The summed E-state index contributed by atoms with van der Waals surface area (Å²) in [5, 5.41) is 0. The smallest absolute Gasteiger partial charge is 0.243 e. The molecule has 0 N–H and O–H groups in total. The highest BCUT2D eigenvalue weighted by Gasteiger charge is 2.33. The minimum atomic E-state index is -3.61. The van der Waals surface area contributed by atoms with E-state index in [1.807, 2.05) is 38.1 Å². The Hall–Kier alpha value is -2.05. The average Bonchev–Trinajstić information content (AvgIpc) is 2.75. The predicted octanol–water partition coefficient (Wildman–Crippen LogP) is 3.23. The Labute approximate surface area is 142 Å². The van der Waals surface area contributed by atoms with E-state index in [1.54, 1.807) is 24.3 Å². The lowest BCUT2D eigenvalue weighted by atomic mass is 10.1. The monoisotopic (exact) mass is 347 g/mol. The predicted molar refractivity (Wildman–Crippen MR) is 91.9 cm³/mol. The quantitative estimate of drug-likeness (QED) is 0.852. The molecule has 5 nitrogen and oxygen atoms in total. The Balaban J connectivity index is 1.94. The minimum absolute atomic E-state index is 0.261. The van der Waals surface area contributed by atoms with Crippen molar-refractivity contribution in [2.75, 3.05) is 19.8 Å². The lowest BCUT2D eigenvalue weighted by Gasteiger charge is -2.26. The number of rotatable bonds is 4. The fourth-order valence-electron chi connectivity index (χ4n) is 2.89. The van der Waals surface area contributed by atoms with Gasteiger partial charge in [-0.1, -0.05) is 18.2 Å². The van der Waals surface area contributed by atoms with Crippen LogP contribution in [-0.4, -0.2) is 32.5 Å². The molecule has 0 fully saturated rings. The lowest BCUT2D eigenvalue weighted by molar-refractivity contribution is 0.278. The van der Waals surface area contributed by atoms with E-state index in [0.29, 0.717) is 25.5 Å². The molecule has 0 aliphatic carbocycles. The van der Waals surface area contributed by atoms with Crippen LogP contribution in [0.5, 0.6) is 11.5 Å². The maximum atomic E-state index is 13.1. The van der Waals surface area contributed by atoms with Crippen molar-refractivity contribution in [2.24, 2.45) is 0 Å². The molecule has 1 atom stereocenters. The Morgan fingerprint density at radius 2 is 1.88 bits per heavy atom. The van der Waals surface area contributed by atoms with Gasteiger partial charge in [0.2, 0.25) is 10.0 Å². The van der Waals surface area contributed by atoms with Gasteiger partial charge in [-0.05, 0) is 44.2 Å². The summed E-state index contributed by atoms with van der Waals surface area (Å²) >= 11 is 0. The number of nitrogens with zero attached hydrogens (tertiary/aromatic N) is 1. The second-order valence-corrected chi connectivity index (χ2v) is 7.47. The molecule has 128 valence electrons. The summed E-state index contributed by atoms with van der Waals surface area (Å²) in [5.41, 5.74) is 0.879. The highest BCUT2D eigenvalue weighted by Crippen LogP contribution is 2.35. The standard InChI is InChI=1S/C18H21NO4S/c1-3-22-15-8-10-16(11-9-15)24(20,21)19-12-13-23-18-7-5-4-6-17(18)14(19)2/h4-11,14H,3,12-13H2,1-2H3. The largest absolute Gasteiger partial charge is 0.494 e. The molecule has 6 heteroatoms. The van der Waals surface area contributed by atoms with Crippen LogP contribution in [0, 0.1) is 0 Å². The highest BCUT2D eigenvalue weighted by molar-refractivity contribution is 7.89. The van der Waals surface area contributed by atoms with Gasteiger partial charge in [0, 0.05) is 12.1 Å². The molecular formula is C18H21NO4S. The molecule has 1 unspecified atom stereocenters. The fourth-order valence-corrected chi connectivity index (χ4v) is 4.49. The third-order valence-corrected chi connectivity index (χ3v) is 6.10. The molecular weight excluding hydrogens is 326 g/mol. The number of ether oxygens (including phenoxy) is 2. The van der Waals surface area contributed by atoms with E-state index >= 15 is 0 Å². The van der Waals surface area contributed by atoms with Gasteiger partial charge in [0.1, 0.15) is 18.1 Å². The zero-order valence-electron chi connectivity index (χ0n) is 13.8. The summed E-state index contributed by atoms with van der Waals surface area (Å²) in [4.78, 5) is 0.261. The first kappa shape index (κ1) is 16.8. The average molecular weight is 347 g/mol. The summed E-state index contributed by atoms with van der Waals surface area (Å²) in [6, 6.07) is 13.8. The SMILES string of the molecule is CCOc1ccc(S(=O)(=O)N2CCOc3ccccc3C2C)cc1. The zero-order chi connectivity index (χ0) is 17.2. The van der Waals surface area contributed by atoms with E-state index in [0.717, 1.165) is 11.3 Å². The second-order valence-electron chi connectivity index (χ2n) is 5.58. The van der Waals surface area contributed by atoms with Gasteiger partial charge in [-0.3, -0.25) is 0 Å². The first-order chi connectivity index (χ1) is 11.5. The van der Waals surface area contributed by atoms with Crippen molar-refractivity contribution in [3.05, 3.63) is 54.1 Å². The van der Waals surface area contributed by atoms with Crippen molar-refractivity contribution in [1.82, 2.24) is 4.31 Å². The molecule has 2 aromatic rings. The number of sulfonamides is 1. The molecule has 2 aromatic carbocycles. The molecule has 0 saturated carbocycles. The fraction of sp³-hybridized carbons (Fsp3) is 0.333. The highest BCUT2D eigenvalue weighted by atomic mass is 32.2. The minimum Gasteiger partial charge on any atom is -0.494 e. The van der Waals surface area contributed by atoms with E-state index in [4.69, 9.17) is 9.47 Å². The molecule has 1 heterocycles. The van der Waals surface area contributed by atoms with Crippen LogP contribution >= 0.6 is 0 Å². The summed E-state index contributed by atoms with van der Waals surface area (Å²) < 4.78 is 38.7. The number of hydrogen-bond donors (Lipinski definition) is 0. The molecule has 1 aliphatic rings. The normalized spacial score (nSPS) is 18.3. The van der Waals surface area contributed by atoms with E-state index in [2.05, 4.69) is 0 Å². The Morgan fingerprint density at radius 3 is 2.58 bits per heavy atom. The first-order valence-electron chi connectivity index (χ1n) is 8.00. The Kier molecular flexibility index (Phi) is 4.78.